The molecular weight excluding hydrogens is 256 g/mol. The van der Waals surface area contributed by atoms with Crippen molar-refractivity contribution >= 4 is 0 Å². The molecule has 1 unspecified atom stereocenters. The summed E-state index contributed by atoms with van der Waals surface area (Å²) in [6.07, 6.45) is 4.92. The number of aryl methyl sites for hydroxylation is 1. The molecule has 0 spiro atoms. The van der Waals surface area contributed by atoms with Gasteiger partial charge in [0.25, 0.3) is 0 Å². The van der Waals surface area contributed by atoms with Crippen LogP contribution in [0.5, 0.6) is 0 Å². The summed E-state index contributed by atoms with van der Waals surface area (Å²) in [5, 5.41) is 3.71. The van der Waals surface area contributed by atoms with Crippen molar-refractivity contribution in [3.05, 3.63) is 65.5 Å². The van der Waals surface area contributed by atoms with Crippen LogP contribution < -0.4 is 5.32 Å². The molecule has 1 aromatic heterocycles. The van der Waals surface area contributed by atoms with Crippen molar-refractivity contribution < 1.29 is 0 Å². The van der Waals surface area contributed by atoms with E-state index in [2.05, 4.69) is 74.4 Å². The Morgan fingerprint density at radius 2 is 1.81 bits per heavy atom. The van der Waals surface area contributed by atoms with Crippen LogP contribution in [0.2, 0.25) is 0 Å². The maximum Gasteiger partial charge on any atom is 0.0328 e. The van der Waals surface area contributed by atoms with Gasteiger partial charge in [0.2, 0.25) is 0 Å². The molecule has 1 heterocycles. The summed E-state index contributed by atoms with van der Waals surface area (Å²) in [7, 11) is 0. The molecule has 2 nitrogen and oxygen atoms in total. The highest BCUT2D eigenvalue weighted by Gasteiger charge is 2.19. The first-order valence-corrected chi connectivity index (χ1v) is 7.63. The molecule has 2 rings (SSSR count). The van der Waals surface area contributed by atoms with Crippen molar-refractivity contribution in [2.45, 2.75) is 46.7 Å². The Kier molecular flexibility index (Phi) is 5.13. The van der Waals surface area contributed by atoms with E-state index in [-0.39, 0.29) is 5.41 Å². The summed E-state index contributed by atoms with van der Waals surface area (Å²) in [5.74, 6) is 0. The van der Waals surface area contributed by atoms with Crippen molar-refractivity contribution in [2.24, 2.45) is 5.41 Å². The van der Waals surface area contributed by atoms with Crippen LogP contribution in [0.4, 0.5) is 0 Å². The van der Waals surface area contributed by atoms with E-state index in [1.165, 1.54) is 16.7 Å². The van der Waals surface area contributed by atoms with E-state index in [0.717, 1.165) is 13.0 Å². The Balaban J connectivity index is 2.11. The number of aromatic nitrogens is 1. The summed E-state index contributed by atoms with van der Waals surface area (Å²) >= 11 is 0. The number of pyridine rings is 1. The SMILES string of the molecule is Cc1ccncc1CNC(CC(C)(C)C)c1ccccc1. The largest absolute Gasteiger partial charge is 0.306 e. The number of rotatable bonds is 5. The lowest BCUT2D eigenvalue weighted by atomic mass is 9.85. The zero-order valence-electron chi connectivity index (χ0n) is 13.6. The van der Waals surface area contributed by atoms with Crippen LogP contribution in [-0.2, 0) is 6.54 Å². The monoisotopic (exact) mass is 282 g/mol. The van der Waals surface area contributed by atoms with Gasteiger partial charge in [-0.2, -0.15) is 0 Å². The lowest BCUT2D eigenvalue weighted by molar-refractivity contribution is 0.310. The fourth-order valence-corrected chi connectivity index (χ4v) is 2.52. The molecular formula is C19H26N2. The third-order valence-corrected chi connectivity index (χ3v) is 3.70. The van der Waals surface area contributed by atoms with Gasteiger partial charge in [0.05, 0.1) is 0 Å². The zero-order valence-corrected chi connectivity index (χ0v) is 13.6. The number of nitrogens with zero attached hydrogens (tertiary/aromatic N) is 1. The lowest BCUT2D eigenvalue weighted by Crippen LogP contribution is -2.25. The number of hydrogen-bond donors (Lipinski definition) is 1. The molecule has 0 fully saturated rings. The number of nitrogens with one attached hydrogen (secondary N) is 1. The fourth-order valence-electron chi connectivity index (χ4n) is 2.52. The van der Waals surface area contributed by atoms with E-state index in [9.17, 15) is 0 Å². The molecule has 0 radical (unpaired) electrons. The summed E-state index contributed by atoms with van der Waals surface area (Å²) < 4.78 is 0. The first-order valence-electron chi connectivity index (χ1n) is 7.63. The number of hydrogen-bond acceptors (Lipinski definition) is 2. The van der Waals surface area contributed by atoms with Gasteiger partial charge in [0.15, 0.2) is 0 Å². The smallest absolute Gasteiger partial charge is 0.0328 e. The summed E-state index contributed by atoms with van der Waals surface area (Å²) in [5.41, 5.74) is 4.21. The Labute approximate surface area is 128 Å². The van der Waals surface area contributed by atoms with Gasteiger partial charge >= 0.3 is 0 Å². The van der Waals surface area contributed by atoms with Crippen LogP contribution in [0.1, 0.15) is 49.9 Å². The topological polar surface area (TPSA) is 24.9 Å². The Morgan fingerprint density at radius 1 is 1.10 bits per heavy atom. The van der Waals surface area contributed by atoms with E-state index in [0.29, 0.717) is 6.04 Å². The molecule has 0 bridgehead atoms. The highest BCUT2D eigenvalue weighted by molar-refractivity contribution is 5.23. The van der Waals surface area contributed by atoms with Crippen LogP contribution >= 0.6 is 0 Å². The van der Waals surface area contributed by atoms with E-state index in [1.807, 2.05) is 12.4 Å². The third-order valence-electron chi connectivity index (χ3n) is 3.70. The van der Waals surface area contributed by atoms with E-state index < -0.39 is 0 Å². The maximum atomic E-state index is 4.23. The van der Waals surface area contributed by atoms with Crippen molar-refractivity contribution in [1.29, 1.82) is 0 Å². The molecule has 21 heavy (non-hydrogen) atoms. The first kappa shape index (κ1) is 15.7. The van der Waals surface area contributed by atoms with Crippen LogP contribution in [0.3, 0.4) is 0 Å². The molecule has 0 saturated carbocycles. The molecule has 0 aliphatic carbocycles. The van der Waals surface area contributed by atoms with Gasteiger partial charge in [-0.05, 0) is 41.5 Å². The second-order valence-electron chi connectivity index (χ2n) is 6.91. The number of benzene rings is 1. The first-order chi connectivity index (χ1) is 9.96. The van der Waals surface area contributed by atoms with Gasteiger partial charge in [0.1, 0.15) is 0 Å². The molecule has 0 amide bonds. The summed E-state index contributed by atoms with van der Waals surface area (Å²) in [6.45, 7) is 9.87. The molecule has 2 heteroatoms. The molecule has 0 saturated heterocycles. The van der Waals surface area contributed by atoms with E-state index in [1.54, 1.807) is 0 Å². The highest BCUT2D eigenvalue weighted by Crippen LogP contribution is 2.29. The average Bonchev–Trinajstić information content (AvgIpc) is 2.45. The second kappa shape index (κ2) is 6.86. The standard InChI is InChI=1S/C19H26N2/c1-15-10-11-20-13-17(15)14-21-18(12-19(2,3)4)16-8-6-5-7-9-16/h5-11,13,18,21H,12,14H2,1-4H3. The summed E-state index contributed by atoms with van der Waals surface area (Å²) in [4.78, 5) is 4.23. The van der Waals surface area contributed by atoms with E-state index in [4.69, 9.17) is 0 Å². The van der Waals surface area contributed by atoms with Crippen molar-refractivity contribution in [2.75, 3.05) is 0 Å². The quantitative estimate of drug-likeness (QED) is 0.863. The van der Waals surface area contributed by atoms with Gasteiger partial charge in [-0.25, -0.2) is 0 Å². The van der Waals surface area contributed by atoms with E-state index >= 15 is 0 Å². The van der Waals surface area contributed by atoms with Gasteiger partial charge in [-0.15, -0.1) is 0 Å². The normalized spacial score (nSPS) is 13.1. The maximum absolute atomic E-state index is 4.23. The van der Waals surface area contributed by atoms with Crippen LogP contribution in [0, 0.1) is 12.3 Å². The lowest BCUT2D eigenvalue weighted by Gasteiger charge is -2.27. The minimum Gasteiger partial charge on any atom is -0.306 e. The molecule has 112 valence electrons. The van der Waals surface area contributed by atoms with Gasteiger partial charge in [-0.1, -0.05) is 51.1 Å². The van der Waals surface area contributed by atoms with Gasteiger partial charge in [-0.3, -0.25) is 4.98 Å². The minimum absolute atomic E-state index is 0.289. The van der Waals surface area contributed by atoms with Crippen molar-refractivity contribution in [3.63, 3.8) is 0 Å². The molecule has 1 N–H and O–H groups in total. The van der Waals surface area contributed by atoms with Crippen LogP contribution in [0.15, 0.2) is 48.8 Å². The van der Waals surface area contributed by atoms with Gasteiger partial charge in [0, 0.05) is 25.0 Å². The Hall–Kier alpha value is -1.67. The predicted octanol–water partition coefficient (Wildman–Crippen LogP) is 4.66. The molecule has 1 aromatic carbocycles. The minimum atomic E-state index is 0.289. The average molecular weight is 282 g/mol. The van der Waals surface area contributed by atoms with Crippen molar-refractivity contribution in [3.8, 4) is 0 Å². The third kappa shape index (κ3) is 4.98. The predicted molar refractivity (Wildman–Crippen MR) is 89.1 cm³/mol. The Bertz CT molecular complexity index is 555. The van der Waals surface area contributed by atoms with Crippen molar-refractivity contribution in [1.82, 2.24) is 10.3 Å². The summed E-state index contributed by atoms with van der Waals surface area (Å²) in [6, 6.07) is 13.1. The second-order valence-corrected chi connectivity index (χ2v) is 6.91. The molecule has 0 aliphatic rings. The zero-order chi connectivity index (χ0) is 15.3. The molecule has 1 atom stereocenters. The van der Waals surface area contributed by atoms with Crippen LogP contribution in [0.25, 0.3) is 0 Å². The molecule has 2 aromatic rings. The van der Waals surface area contributed by atoms with Crippen LogP contribution in [-0.4, -0.2) is 4.98 Å². The van der Waals surface area contributed by atoms with Gasteiger partial charge < -0.3 is 5.32 Å². The highest BCUT2D eigenvalue weighted by atomic mass is 14.9. The Morgan fingerprint density at radius 3 is 2.43 bits per heavy atom. The fraction of sp³-hybridized carbons (Fsp3) is 0.421. The molecule has 0 aliphatic heterocycles.